The van der Waals surface area contributed by atoms with E-state index >= 15 is 0 Å². The summed E-state index contributed by atoms with van der Waals surface area (Å²) in [7, 11) is 0. The molecule has 1 heterocycles. The van der Waals surface area contributed by atoms with E-state index in [0.717, 1.165) is 6.42 Å². The van der Waals surface area contributed by atoms with Crippen molar-refractivity contribution in [2.45, 2.75) is 25.6 Å². The summed E-state index contributed by atoms with van der Waals surface area (Å²) in [6.07, 6.45) is 7.44. The van der Waals surface area contributed by atoms with Gasteiger partial charge in [0.15, 0.2) is 5.82 Å². The van der Waals surface area contributed by atoms with E-state index in [2.05, 4.69) is 15.0 Å². The van der Waals surface area contributed by atoms with E-state index in [1.54, 1.807) is 0 Å². The van der Waals surface area contributed by atoms with Crippen LogP contribution in [0.1, 0.15) is 25.3 Å². The first-order valence-corrected chi connectivity index (χ1v) is 5.66. The Morgan fingerprint density at radius 3 is 3.06 bits per heavy atom. The maximum Gasteiger partial charge on any atom is 0.223 e. The minimum atomic E-state index is -0.279. The van der Waals surface area contributed by atoms with Crippen molar-refractivity contribution in [2.75, 3.05) is 5.73 Å². The normalized spacial score (nSPS) is 21.1. The van der Waals surface area contributed by atoms with Crippen LogP contribution in [0, 0.1) is 0 Å². The van der Waals surface area contributed by atoms with Crippen LogP contribution in [0.4, 0.5) is 5.95 Å². The Morgan fingerprint density at radius 1 is 1.53 bits per heavy atom. The van der Waals surface area contributed by atoms with Gasteiger partial charge in [0.05, 0.1) is 6.10 Å². The Hall–Kier alpha value is -1.46. The van der Waals surface area contributed by atoms with Crippen LogP contribution >= 0.6 is 11.6 Å². The minimum absolute atomic E-state index is 0.144. The highest BCUT2D eigenvalue weighted by Gasteiger charge is 2.19. The van der Waals surface area contributed by atoms with Crippen molar-refractivity contribution < 1.29 is 4.74 Å². The summed E-state index contributed by atoms with van der Waals surface area (Å²) in [5, 5.41) is 0.682. The Labute approximate surface area is 104 Å². The van der Waals surface area contributed by atoms with Gasteiger partial charge in [0, 0.05) is 5.03 Å². The van der Waals surface area contributed by atoms with Crippen LogP contribution in [0.2, 0.25) is 0 Å². The molecule has 0 amide bonds. The van der Waals surface area contributed by atoms with Crippen LogP contribution in [0.5, 0.6) is 0 Å². The predicted octanol–water partition coefficient (Wildman–Crippen LogP) is 1.98. The Morgan fingerprint density at radius 2 is 2.35 bits per heavy atom. The number of rotatable bonds is 3. The number of nitrogen functional groups attached to an aromatic ring is 1. The lowest BCUT2D eigenvalue weighted by Gasteiger charge is -2.21. The largest absolute Gasteiger partial charge is 0.368 e. The summed E-state index contributed by atoms with van der Waals surface area (Å²) in [4.78, 5) is 11.8. The van der Waals surface area contributed by atoms with E-state index in [4.69, 9.17) is 22.1 Å². The number of allylic oxidation sites excluding steroid dienone is 2. The van der Waals surface area contributed by atoms with Crippen molar-refractivity contribution in [3.8, 4) is 0 Å². The van der Waals surface area contributed by atoms with Gasteiger partial charge in [-0.25, -0.2) is 9.97 Å². The molecule has 1 aromatic heterocycles. The third-order valence-corrected chi connectivity index (χ3v) is 2.76. The molecule has 0 aliphatic heterocycles. The second-order valence-corrected chi connectivity index (χ2v) is 4.12. The van der Waals surface area contributed by atoms with E-state index in [1.807, 2.05) is 25.2 Å². The molecule has 90 valence electrons. The van der Waals surface area contributed by atoms with Crippen molar-refractivity contribution in [1.29, 1.82) is 0 Å². The molecule has 0 spiro atoms. The molecule has 0 saturated heterocycles. The summed E-state index contributed by atoms with van der Waals surface area (Å²) in [5.74, 6) is 0.701. The molecule has 0 radical (unpaired) electrons. The van der Waals surface area contributed by atoms with Gasteiger partial charge in [-0.05, 0) is 19.4 Å². The third-order valence-electron chi connectivity index (χ3n) is 2.39. The first kappa shape index (κ1) is 12.0. The van der Waals surface area contributed by atoms with Gasteiger partial charge in [0.25, 0.3) is 0 Å². The lowest BCUT2D eigenvalue weighted by atomic mass is 10.1. The zero-order valence-electron chi connectivity index (χ0n) is 9.38. The summed E-state index contributed by atoms with van der Waals surface area (Å²) in [5.41, 5.74) is 5.49. The first-order chi connectivity index (χ1) is 8.16. The van der Waals surface area contributed by atoms with Gasteiger partial charge in [0.1, 0.15) is 12.4 Å². The average Bonchev–Trinajstić information content (AvgIpc) is 2.32. The fraction of sp³-hybridized carbons (Fsp3) is 0.364. The van der Waals surface area contributed by atoms with E-state index < -0.39 is 0 Å². The van der Waals surface area contributed by atoms with Crippen LogP contribution < -0.4 is 5.73 Å². The average molecular weight is 253 g/mol. The van der Waals surface area contributed by atoms with Crippen LogP contribution in [0.15, 0.2) is 29.6 Å². The topological polar surface area (TPSA) is 73.9 Å². The van der Waals surface area contributed by atoms with E-state index in [-0.39, 0.29) is 18.2 Å². The molecule has 17 heavy (non-hydrogen) atoms. The molecule has 1 aliphatic rings. The molecule has 1 aromatic rings. The Balaban J connectivity index is 2.04. The molecule has 0 saturated carbocycles. The zero-order valence-corrected chi connectivity index (χ0v) is 10.1. The van der Waals surface area contributed by atoms with Gasteiger partial charge in [0.2, 0.25) is 5.95 Å². The van der Waals surface area contributed by atoms with Crippen molar-refractivity contribution in [3.63, 3.8) is 0 Å². The summed E-state index contributed by atoms with van der Waals surface area (Å²) in [6.45, 7) is 1.86. The maximum absolute atomic E-state index is 6.05. The number of aromatic nitrogens is 3. The maximum atomic E-state index is 6.05. The van der Waals surface area contributed by atoms with Crippen LogP contribution in [0.3, 0.4) is 0 Å². The van der Waals surface area contributed by atoms with Crippen molar-refractivity contribution in [1.82, 2.24) is 15.0 Å². The van der Waals surface area contributed by atoms with Crippen molar-refractivity contribution in [2.24, 2.45) is 0 Å². The quantitative estimate of drug-likeness (QED) is 0.890. The van der Waals surface area contributed by atoms with Crippen LogP contribution in [-0.4, -0.2) is 21.1 Å². The molecule has 2 unspecified atom stereocenters. The minimum Gasteiger partial charge on any atom is -0.368 e. The second-order valence-electron chi connectivity index (χ2n) is 3.68. The second kappa shape index (κ2) is 5.25. The molecule has 0 bridgehead atoms. The molecular weight excluding hydrogens is 240 g/mol. The fourth-order valence-electron chi connectivity index (χ4n) is 1.53. The molecule has 5 nitrogen and oxygen atoms in total. The SMILES string of the molecule is CC(OC1CC=CC=C1Cl)c1ncnc(N)n1. The molecular formula is C11H13ClN4O. The predicted molar refractivity (Wildman–Crippen MR) is 65.2 cm³/mol. The number of anilines is 1. The van der Waals surface area contributed by atoms with E-state index in [0.29, 0.717) is 10.9 Å². The number of hydrogen-bond donors (Lipinski definition) is 1. The molecule has 0 fully saturated rings. The first-order valence-electron chi connectivity index (χ1n) is 5.29. The molecule has 2 atom stereocenters. The zero-order chi connectivity index (χ0) is 12.3. The van der Waals surface area contributed by atoms with Gasteiger partial charge < -0.3 is 10.5 Å². The molecule has 2 rings (SSSR count). The molecule has 6 heteroatoms. The lowest BCUT2D eigenvalue weighted by Crippen LogP contribution is -2.18. The van der Waals surface area contributed by atoms with Crippen LogP contribution in [-0.2, 0) is 4.74 Å². The fourth-order valence-corrected chi connectivity index (χ4v) is 1.74. The standard InChI is InChI=1S/C11H13ClN4O/c1-7(10-14-6-15-11(13)16-10)17-9-5-3-2-4-8(9)12/h2-4,6-7,9H,5H2,1H3,(H2,13,14,15,16). The van der Waals surface area contributed by atoms with Gasteiger partial charge >= 0.3 is 0 Å². The van der Waals surface area contributed by atoms with Crippen molar-refractivity contribution >= 4 is 17.5 Å². The molecule has 0 aromatic carbocycles. The third kappa shape index (κ3) is 3.01. The Bertz CT molecular complexity index is 461. The summed E-state index contributed by atoms with van der Waals surface area (Å²) in [6, 6.07) is 0. The van der Waals surface area contributed by atoms with Gasteiger partial charge in [-0.3, -0.25) is 0 Å². The molecule has 1 aliphatic carbocycles. The highest BCUT2D eigenvalue weighted by molar-refractivity contribution is 6.30. The number of ether oxygens (including phenoxy) is 1. The van der Waals surface area contributed by atoms with Gasteiger partial charge in [-0.2, -0.15) is 4.98 Å². The summed E-state index contributed by atoms with van der Waals surface area (Å²) < 4.78 is 5.78. The van der Waals surface area contributed by atoms with Crippen molar-refractivity contribution in [3.05, 3.63) is 35.4 Å². The van der Waals surface area contributed by atoms with Gasteiger partial charge in [-0.1, -0.05) is 23.8 Å². The highest BCUT2D eigenvalue weighted by Crippen LogP contribution is 2.25. The smallest absolute Gasteiger partial charge is 0.223 e. The number of hydrogen-bond acceptors (Lipinski definition) is 5. The molecule has 2 N–H and O–H groups in total. The number of nitrogens with zero attached hydrogens (tertiary/aromatic N) is 3. The number of halogens is 1. The summed E-state index contributed by atoms with van der Waals surface area (Å²) >= 11 is 6.05. The van der Waals surface area contributed by atoms with E-state index in [1.165, 1.54) is 6.33 Å². The number of nitrogens with two attached hydrogens (primary N) is 1. The Kier molecular flexibility index (Phi) is 3.71. The highest BCUT2D eigenvalue weighted by atomic mass is 35.5. The van der Waals surface area contributed by atoms with E-state index in [9.17, 15) is 0 Å². The van der Waals surface area contributed by atoms with Crippen LogP contribution in [0.25, 0.3) is 0 Å². The monoisotopic (exact) mass is 252 g/mol. The lowest BCUT2D eigenvalue weighted by molar-refractivity contribution is 0.0170. The van der Waals surface area contributed by atoms with Gasteiger partial charge in [-0.15, -0.1) is 0 Å².